The third-order valence-corrected chi connectivity index (χ3v) is 3.82. The number of hydrogen-bond donors (Lipinski definition) is 2. The van der Waals surface area contributed by atoms with Crippen molar-refractivity contribution in [1.82, 2.24) is 15.2 Å². The van der Waals surface area contributed by atoms with Crippen LogP contribution in [0.5, 0.6) is 0 Å². The minimum Gasteiger partial charge on any atom is -0.362 e. The molecule has 6 nitrogen and oxygen atoms in total. The van der Waals surface area contributed by atoms with Gasteiger partial charge in [-0.3, -0.25) is 9.69 Å². The Morgan fingerprint density at radius 2 is 2.26 bits per heavy atom. The summed E-state index contributed by atoms with van der Waals surface area (Å²) in [5.41, 5.74) is 0. The van der Waals surface area contributed by atoms with Crippen LogP contribution in [0.3, 0.4) is 0 Å². The largest absolute Gasteiger partial charge is 0.362 e. The van der Waals surface area contributed by atoms with E-state index in [4.69, 9.17) is 0 Å². The first-order valence-electron chi connectivity index (χ1n) is 6.46. The topological polar surface area (TPSA) is 74.3 Å². The fourth-order valence-corrected chi connectivity index (χ4v) is 2.85. The van der Waals surface area contributed by atoms with E-state index in [-0.39, 0.29) is 18.0 Å². The Labute approximate surface area is 116 Å². The van der Waals surface area contributed by atoms with E-state index in [0.29, 0.717) is 13.0 Å². The number of rotatable bonds is 6. The lowest BCUT2D eigenvalue weighted by Gasteiger charge is -2.10. The molecule has 3 amide bonds. The fourth-order valence-electron chi connectivity index (χ4n) is 1.98. The zero-order valence-corrected chi connectivity index (χ0v) is 11.9. The maximum Gasteiger partial charge on any atom is 0.325 e. The first-order valence-corrected chi connectivity index (χ1v) is 7.27. The first-order chi connectivity index (χ1) is 9.15. The molecule has 1 fully saturated rings. The Balaban J connectivity index is 2.01. The second-order valence-electron chi connectivity index (χ2n) is 4.38. The summed E-state index contributed by atoms with van der Waals surface area (Å²) in [6.07, 6.45) is 3.26. The van der Waals surface area contributed by atoms with E-state index in [1.165, 1.54) is 16.2 Å². The molecule has 1 aliphatic rings. The molecule has 0 radical (unpaired) electrons. The predicted octanol–water partition coefficient (Wildman–Crippen LogP) is 1.80. The molecule has 1 atom stereocenters. The number of carbonyl (C=O) groups excluding carboxylic acids is 2. The van der Waals surface area contributed by atoms with Gasteiger partial charge in [-0.2, -0.15) is 0 Å². The average molecular weight is 282 g/mol. The molecule has 2 rings (SSSR count). The Morgan fingerprint density at radius 3 is 2.95 bits per heavy atom. The second kappa shape index (κ2) is 6.01. The molecule has 2 N–H and O–H groups in total. The Bertz CT molecular complexity index is 474. The van der Waals surface area contributed by atoms with Crippen LogP contribution in [-0.4, -0.2) is 34.4 Å². The number of nitrogens with one attached hydrogen (secondary N) is 2. The third-order valence-electron chi connectivity index (χ3n) is 2.88. The summed E-state index contributed by atoms with van der Waals surface area (Å²) in [5, 5.41) is 6.64. The molecule has 0 spiro atoms. The Morgan fingerprint density at radius 1 is 1.47 bits per heavy atom. The van der Waals surface area contributed by atoms with Crippen LogP contribution in [-0.2, 0) is 11.3 Å². The number of anilines is 1. The van der Waals surface area contributed by atoms with Crippen LogP contribution >= 0.6 is 11.3 Å². The highest BCUT2D eigenvalue weighted by molar-refractivity contribution is 7.15. The van der Waals surface area contributed by atoms with Gasteiger partial charge in [-0.05, 0) is 13.3 Å². The minimum absolute atomic E-state index is 0.134. The lowest BCUT2D eigenvalue weighted by atomic mass is 10.2. The zero-order chi connectivity index (χ0) is 13.8. The van der Waals surface area contributed by atoms with Gasteiger partial charge in [0.15, 0.2) is 5.13 Å². The number of carbonyl (C=O) groups is 2. The normalized spacial score (nSPS) is 18.8. The van der Waals surface area contributed by atoms with Gasteiger partial charge in [0.1, 0.15) is 6.04 Å². The van der Waals surface area contributed by atoms with Crippen molar-refractivity contribution in [3.05, 3.63) is 11.1 Å². The van der Waals surface area contributed by atoms with Crippen molar-refractivity contribution in [2.45, 2.75) is 39.3 Å². The van der Waals surface area contributed by atoms with Crippen molar-refractivity contribution in [3.8, 4) is 0 Å². The van der Waals surface area contributed by atoms with E-state index in [1.807, 2.05) is 13.8 Å². The van der Waals surface area contributed by atoms with Crippen LogP contribution in [0.15, 0.2) is 6.20 Å². The molecule has 19 heavy (non-hydrogen) atoms. The quantitative estimate of drug-likeness (QED) is 0.780. The SMILES string of the molecule is CCCC1NC(=O)N(Cc2cnc(NCC)s2)C1=O. The van der Waals surface area contributed by atoms with Crippen LogP contribution < -0.4 is 10.6 Å². The minimum atomic E-state index is -0.362. The first kappa shape index (κ1) is 13.8. The highest BCUT2D eigenvalue weighted by atomic mass is 32.1. The van der Waals surface area contributed by atoms with E-state index < -0.39 is 0 Å². The molecule has 1 aliphatic heterocycles. The van der Waals surface area contributed by atoms with Gasteiger partial charge in [0, 0.05) is 17.6 Å². The predicted molar refractivity (Wildman–Crippen MR) is 74.1 cm³/mol. The molecule has 104 valence electrons. The molecule has 1 aromatic heterocycles. The highest BCUT2D eigenvalue weighted by Gasteiger charge is 2.37. The maximum absolute atomic E-state index is 12.1. The van der Waals surface area contributed by atoms with Crippen molar-refractivity contribution in [3.63, 3.8) is 0 Å². The summed E-state index contributed by atoms with van der Waals surface area (Å²) in [6, 6.07) is -0.666. The van der Waals surface area contributed by atoms with Crippen LogP contribution in [0.1, 0.15) is 31.6 Å². The van der Waals surface area contributed by atoms with Gasteiger partial charge in [0.25, 0.3) is 5.91 Å². The van der Waals surface area contributed by atoms with Gasteiger partial charge in [-0.25, -0.2) is 9.78 Å². The van der Waals surface area contributed by atoms with Gasteiger partial charge in [0.2, 0.25) is 0 Å². The van der Waals surface area contributed by atoms with E-state index in [1.54, 1.807) is 6.20 Å². The van der Waals surface area contributed by atoms with Crippen molar-refractivity contribution < 1.29 is 9.59 Å². The number of imide groups is 1. The maximum atomic E-state index is 12.1. The van der Waals surface area contributed by atoms with E-state index >= 15 is 0 Å². The molecule has 7 heteroatoms. The zero-order valence-electron chi connectivity index (χ0n) is 11.1. The Kier molecular flexibility index (Phi) is 4.36. The molecule has 1 saturated heterocycles. The summed E-state index contributed by atoms with van der Waals surface area (Å²) in [5.74, 6) is -0.134. The molecule has 0 saturated carbocycles. The lowest BCUT2D eigenvalue weighted by Crippen LogP contribution is -2.30. The number of nitrogens with zero attached hydrogens (tertiary/aromatic N) is 2. The number of urea groups is 1. The summed E-state index contributed by atoms with van der Waals surface area (Å²) >= 11 is 1.47. The molecule has 0 aliphatic carbocycles. The molecule has 0 bridgehead atoms. The van der Waals surface area contributed by atoms with Crippen LogP contribution in [0.4, 0.5) is 9.93 Å². The number of aromatic nitrogens is 1. The van der Waals surface area contributed by atoms with Crippen LogP contribution in [0, 0.1) is 0 Å². The number of amides is 3. The van der Waals surface area contributed by atoms with Crippen molar-refractivity contribution in [1.29, 1.82) is 0 Å². The highest BCUT2D eigenvalue weighted by Crippen LogP contribution is 2.21. The molecule has 0 aromatic carbocycles. The van der Waals surface area contributed by atoms with E-state index in [0.717, 1.165) is 23.0 Å². The van der Waals surface area contributed by atoms with Gasteiger partial charge in [-0.15, -0.1) is 11.3 Å². The molecular weight excluding hydrogens is 264 g/mol. The molecular formula is C12H18N4O2S. The monoisotopic (exact) mass is 282 g/mol. The van der Waals surface area contributed by atoms with Crippen molar-refractivity contribution >= 4 is 28.4 Å². The molecule has 1 unspecified atom stereocenters. The number of thiazole rings is 1. The van der Waals surface area contributed by atoms with E-state index in [9.17, 15) is 9.59 Å². The lowest BCUT2D eigenvalue weighted by molar-refractivity contribution is -0.127. The van der Waals surface area contributed by atoms with Gasteiger partial charge in [0.05, 0.1) is 6.54 Å². The second-order valence-corrected chi connectivity index (χ2v) is 5.49. The Hall–Kier alpha value is -1.63. The van der Waals surface area contributed by atoms with Crippen molar-refractivity contribution in [2.24, 2.45) is 0 Å². The van der Waals surface area contributed by atoms with Crippen molar-refractivity contribution in [2.75, 3.05) is 11.9 Å². The third kappa shape index (κ3) is 3.04. The fraction of sp³-hybridized carbons (Fsp3) is 0.583. The molecule has 2 heterocycles. The summed E-state index contributed by atoms with van der Waals surface area (Å²) in [7, 11) is 0. The summed E-state index contributed by atoms with van der Waals surface area (Å²) in [6.45, 7) is 5.09. The smallest absolute Gasteiger partial charge is 0.325 e. The van der Waals surface area contributed by atoms with Gasteiger partial charge >= 0.3 is 6.03 Å². The summed E-state index contributed by atoms with van der Waals surface area (Å²) in [4.78, 5) is 30.2. The standard InChI is InChI=1S/C12H18N4O2S/c1-3-5-9-10(17)16(12(18)15-9)7-8-6-14-11(19-8)13-4-2/h6,9H,3-5,7H2,1-2H3,(H,13,14)(H,15,18). The van der Waals surface area contributed by atoms with Crippen LogP contribution in [0.2, 0.25) is 0 Å². The average Bonchev–Trinajstić information content (AvgIpc) is 2.91. The van der Waals surface area contributed by atoms with Gasteiger partial charge < -0.3 is 10.6 Å². The van der Waals surface area contributed by atoms with Crippen LogP contribution in [0.25, 0.3) is 0 Å². The summed E-state index contributed by atoms with van der Waals surface area (Å²) < 4.78 is 0. The number of hydrogen-bond acceptors (Lipinski definition) is 5. The molecule has 1 aromatic rings. The van der Waals surface area contributed by atoms with E-state index in [2.05, 4.69) is 15.6 Å². The van der Waals surface area contributed by atoms with Gasteiger partial charge in [-0.1, -0.05) is 13.3 Å².